The molecule has 0 saturated carbocycles. The lowest BCUT2D eigenvalue weighted by atomic mass is 9.96. The molecule has 6 unspecified atom stereocenters. The Bertz CT molecular complexity index is 4100. The second-order valence-corrected chi connectivity index (χ2v) is 27.8. The number of carbonyl (C=O) groups is 1. The van der Waals surface area contributed by atoms with Crippen LogP contribution < -0.4 is 0 Å². The molecule has 0 aromatic heterocycles. The Balaban J connectivity index is 0.894. The molecule has 0 amide bonds. The molecule has 0 spiro atoms. The molecule has 0 N–H and O–H groups in total. The van der Waals surface area contributed by atoms with Crippen molar-refractivity contribution in [2.24, 2.45) is 0 Å². The van der Waals surface area contributed by atoms with E-state index in [2.05, 4.69) is 36.4 Å². The number of thioether (sulfide) groups is 1. The third kappa shape index (κ3) is 22.8. The Morgan fingerprint density at radius 3 is 0.766 bits per heavy atom. The van der Waals surface area contributed by atoms with Gasteiger partial charge >= 0.3 is 5.97 Å². The molecule has 0 bridgehead atoms. The van der Waals surface area contributed by atoms with Gasteiger partial charge in [0.15, 0.2) is 12.6 Å². The molecule has 556 valence electrons. The van der Waals surface area contributed by atoms with Crippen LogP contribution in [0.2, 0.25) is 0 Å². The third-order valence-electron chi connectivity index (χ3n) is 18.9. The van der Waals surface area contributed by atoms with Crippen molar-refractivity contribution in [1.82, 2.24) is 0 Å². The van der Waals surface area contributed by atoms with Crippen molar-refractivity contribution in [3.63, 3.8) is 0 Å². The fourth-order valence-electron chi connectivity index (χ4n) is 13.3. The summed E-state index contributed by atoms with van der Waals surface area (Å²) in [6.45, 7) is 3.01. The molecule has 10 aromatic rings. The van der Waals surface area contributed by atoms with E-state index in [1.54, 1.807) is 18.7 Å². The van der Waals surface area contributed by atoms with E-state index in [9.17, 15) is 4.79 Å². The second-order valence-electron chi connectivity index (χ2n) is 26.6. The predicted molar refractivity (Wildman–Crippen MR) is 407 cm³/mol. The molecule has 0 aliphatic carbocycles. The average Bonchev–Trinajstić information content (AvgIpc) is 0.776. The van der Waals surface area contributed by atoms with Gasteiger partial charge in [-0.2, -0.15) is 0 Å². The van der Waals surface area contributed by atoms with Crippen LogP contribution in [0.15, 0.2) is 308 Å². The van der Waals surface area contributed by atoms with Crippen molar-refractivity contribution < 1.29 is 75.8 Å². The molecule has 0 radical (unpaired) electrons. The topological polar surface area (TPSA) is 156 Å². The second kappa shape index (κ2) is 41.1. The molecule has 16 nitrogen and oxygen atoms in total. The van der Waals surface area contributed by atoms with E-state index in [-0.39, 0.29) is 85.7 Å². The summed E-state index contributed by atoms with van der Waals surface area (Å²) in [5, 5.41) is 0. The van der Waals surface area contributed by atoms with Gasteiger partial charge in [0.2, 0.25) is 0 Å². The van der Waals surface area contributed by atoms with Crippen LogP contribution in [-0.2, 0) is 135 Å². The number of hydrogen-bond donors (Lipinski definition) is 0. The first kappa shape index (κ1) is 76.6. The quantitative estimate of drug-likeness (QED) is 0.0337. The van der Waals surface area contributed by atoms with E-state index in [1.165, 1.54) is 0 Å². The van der Waals surface area contributed by atoms with E-state index in [1.807, 2.05) is 267 Å². The summed E-state index contributed by atoms with van der Waals surface area (Å²) in [5.74, 6) is -0.410. The van der Waals surface area contributed by atoms with Gasteiger partial charge in [-0.15, -0.1) is 0 Å². The molecular weight excluding hydrogens is 1370 g/mol. The Labute approximate surface area is 632 Å². The largest absolute Gasteiger partial charge is 0.463 e. The van der Waals surface area contributed by atoms with Crippen molar-refractivity contribution in [3.8, 4) is 0 Å². The van der Waals surface area contributed by atoms with Crippen molar-refractivity contribution >= 4 is 17.7 Å². The molecule has 13 rings (SSSR count). The summed E-state index contributed by atoms with van der Waals surface area (Å²) < 4.78 is 108. The van der Waals surface area contributed by atoms with Crippen molar-refractivity contribution in [2.45, 2.75) is 169 Å². The smallest absolute Gasteiger partial charge is 0.305 e. The van der Waals surface area contributed by atoms with Gasteiger partial charge in [-0.3, -0.25) is 4.79 Å². The highest BCUT2D eigenvalue weighted by atomic mass is 32.2. The minimum atomic E-state index is -1.21. The Kier molecular flexibility index (Phi) is 29.5. The van der Waals surface area contributed by atoms with Crippen LogP contribution in [0.5, 0.6) is 0 Å². The maximum Gasteiger partial charge on any atom is 0.305 e. The van der Waals surface area contributed by atoms with Gasteiger partial charge in [0.25, 0.3) is 0 Å². The van der Waals surface area contributed by atoms with Crippen LogP contribution in [-0.4, -0.2) is 117 Å². The van der Waals surface area contributed by atoms with Crippen molar-refractivity contribution in [2.75, 3.05) is 19.8 Å². The maximum atomic E-state index is 13.3. The summed E-state index contributed by atoms with van der Waals surface area (Å²) in [5.41, 5.74) is 7.76. The molecule has 3 aliphatic heterocycles. The molecule has 17 heteroatoms. The van der Waals surface area contributed by atoms with E-state index in [0.29, 0.717) is 0 Å². The summed E-state index contributed by atoms with van der Waals surface area (Å²) in [7, 11) is 0. The first-order valence-corrected chi connectivity index (χ1v) is 37.8. The van der Waals surface area contributed by atoms with E-state index < -0.39 is 97.2 Å². The summed E-state index contributed by atoms with van der Waals surface area (Å²) >= 11 is 1.55. The van der Waals surface area contributed by atoms with Crippen LogP contribution in [0.1, 0.15) is 63.4 Å². The van der Waals surface area contributed by atoms with Crippen molar-refractivity contribution in [1.29, 1.82) is 0 Å². The van der Waals surface area contributed by atoms with Crippen LogP contribution in [0, 0.1) is 0 Å². The van der Waals surface area contributed by atoms with Gasteiger partial charge in [0, 0.05) is 11.3 Å². The van der Waals surface area contributed by atoms with E-state index >= 15 is 0 Å². The molecular formula is C90H94O16S. The highest BCUT2D eigenvalue weighted by Gasteiger charge is 2.54. The van der Waals surface area contributed by atoms with E-state index in [4.69, 9.17) is 71.1 Å². The van der Waals surface area contributed by atoms with Gasteiger partial charge in [0.05, 0.1) is 72.7 Å². The fraction of sp³-hybridized carbons (Fsp3) is 0.322. The third-order valence-corrected chi connectivity index (χ3v) is 20.0. The fourth-order valence-corrected chi connectivity index (χ4v) is 14.4. The molecule has 3 heterocycles. The molecule has 15 atom stereocenters. The Morgan fingerprint density at radius 1 is 0.262 bits per heavy atom. The molecule has 10 aromatic carbocycles. The number of benzene rings is 10. The van der Waals surface area contributed by atoms with Gasteiger partial charge in [-0.25, -0.2) is 0 Å². The highest BCUT2D eigenvalue weighted by molar-refractivity contribution is 7.99. The minimum Gasteiger partial charge on any atom is -0.463 e. The first-order chi connectivity index (χ1) is 52.9. The van der Waals surface area contributed by atoms with Gasteiger partial charge < -0.3 is 71.1 Å². The summed E-state index contributed by atoms with van der Waals surface area (Å²) in [6, 6.07) is 100. The highest BCUT2D eigenvalue weighted by Crippen LogP contribution is 2.41. The first-order valence-electron chi connectivity index (χ1n) is 36.9. The van der Waals surface area contributed by atoms with E-state index in [0.717, 1.165) is 55.0 Å². The Hall–Kier alpha value is -8.54. The minimum absolute atomic E-state index is 0.101. The van der Waals surface area contributed by atoms with Crippen LogP contribution in [0.3, 0.4) is 0 Å². The molecule has 107 heavy (non-hydrogen) atoms. The zero-order valence-electron chi connectivity index (χ0n) is 60.2. The zero-order valence-corrected chi connectivity index (χ0v) is 61.0. The monoisotopic (exact) mass is 1460 g/mol. The van der Waals surface area contributed by atoms with Crippen LogP contribution in [0.25, 0.3) is 0 Å². The van der Waals surface area contributed by atoms with Gasteiger partial charge in [-0.05, 0) is 62.2 Å². The van der Waals surface area contributed by atoms with Gasteiger partial charge in [0.1, 0.15) is 85.3 Å². The Morgan fingerprint density at radius 2 is 0.486 bits per heavy atom. The summed E-state index contributed by atoms with van der Waals surface area (Å²) in [4.78, 5) is 14.2. The SMILES string of the molecule is CCC(=O)OCC1O[C@@H](OCC2O[C@@H](OCC3O[C@@H](Sc4ccccc4)C(OCc4ccccc4)[C@@H](OCc4ccccc4)[C@H]3OCc3ccccc3)C(OCc3ccccc3)[C@@H](OCc3ccccc3)[C@H]2OCc2ccccc2)C(OCc2ccccc2)[C@@H](OCc2ccccc2)[C@H]1OCc1ccccc1. The summed E-state index contributed by atoms with van der Waals surface area (Å²) in [6.07, 6.45) is -12.8. The maximum absolute atomic E-state index is 13.3. The lowest BCUT2D eigenvalue weighted by Gasteiger charge is -2.49. The molecule has 3 aliphatic rings. The van der Waals surface area contributed by atoms with Crippen LogP contribution in [0.4, 0.5) is 0 Å². The lowest BCUT2D eigenvalue weighted by molar-refractivity contribution is -0.356. The normalized spacial score (nSPS) is 24.3. The standard InChI is InChI=1S/C90H94O16S/c1-2-78(91)92-62-75-79(93-53-65-33-13-3-14-34-65)82(96-56-68-39-19-6-20-40-68)85(99-59-71-45-25-9-26-46-71)88(104-75)102-63-76-80(94-54-66-35-15-4-16-36-66)83(97-57-69-41-21-7-22-42-69)86(100-60-72-47-27-10-28-48-72)89(105-76)103-64-77-81(95-55-67-37-17-5-18-38-67)84(98-58-70-43-23-8-24-44-70)87(101-61-73-49-29-11-30-50-73)90(106-77)107-74-51-31-12-32-52-74/h3-52,75-77,79-90H,2,53-64H2,1H3/t75?,76?,77?,79-,80-,81-,82-,83-,84-,85?,86?,87?,88+,89+,90-/m0/s1. The molecule has 3 fully saturated rings. The van der Waals surface area contributed by atoms with Crippen molar-refractivity contribution in [3.05, 3.63) is 353 Å². The number of hydrogen-bond acceptors (Lipinski definition) is 17. The predicted octanol–water partition coefficient (Wildman–Crippen LogP) is 16.2. The number of carbonyl (C=O) groups excluding carboxylic acids is 1. The van der Waals surface area contributed by atoms with Gasteiger partial charge in [-0.1, -0.05) is 310 Å². The molecule has 3 saturated heterocycles. The number of ether oxygens (including phenoxy) is 15. The number of esters is 1. The zero-order chi connectivity index (χ0) is 72.9. The lowest BCUT2D eigenvalue weighted by Crippen LogP contribution is -2.64. The van der Waals surface area contributed by atoms with Crippen LogP contribution >= 0.6 is 11.8 Å². The number of rotatable bonds is 38. The average molecular weight is 1460 g/mol.